The maximum atomic E-state index is 12.5. The van der Waals surface area contributed by atoms with Crippen LogP contribution in [0.1, 0.15) is 47.1 Å². The Hall–Kier alpha value is -1.92. The molecule has 5 nitrogen and oxygen atoms in total. The van der Waals surface area contributed by atoms with E-state index in [1.54, 1.807) is 23.5 Å². The average molecular weight is 372 g/mol. The van der Waals surface area contributed by atoms with Crippen LogP contribution in [0.3, 0.4) is 0 Å². The van der Waals surface area contributed by atoms with Gasteiger partial charge >= 0.3 is 0 Å². The highest BCUT2D eigenvalue weighted by atomic mass is 32.1. The number of rotatable bonds is 5. The Morgan fingerprint density at radius 2 is 2.19 bits per heavy atom. The van der Waals surface area contributed by atoms with E-state index in [2.05, 4.69) is 17.2 Å². The van der Waals surface area contributed by atoms with Crippen LogP contribution in [0.25, 0.3) is 0 Å². The number of aryl methyl sites for hydroxylation is 1. The lowest BCUT2D eigenvalue weighted by atomic mass is 9.93. The summed E-state index contributed by atoms with van der Waals surface area (Å²) in [4.78, 5) is 18.4. The second kappa shape index (κ2) is 7.76. The summed E-state index contributed by atoms with van der Waals surface area (Å²) in [7, 11) is 0. The van der Waals surface area contributed by atoms with E-state index < -0.39 is 0 Å². The molecule has 1 aliphatic carbocycles. The van der Waals surface area contributed by atoms with Gasteiger partial charge in [0.1, 0.15) is 12.4 Å². The molecule has 0 bridgehead atoms. The van der Waals surface area contributed by atoms with Crippen molar-refractivity contribution in [1.29, 1.82) is 0 Å². The van der Waals surface area contributed by atoms with Gasteiger partial charge in [0.25, 0.3) is 5.91 Å². The molecule has 1 aromatic carbocycles. The first-order valence-electron chi connectivity index (χ1n) is 9.32. The summed E-state index contributed by atoms with van der Waals surface area (Å²) in [5, 5.41) is 3.64. The Morgan fingerprint density at radius 1 is 1.35 bits per heavy atom. The van der Waals surface area contributed by atoms with Gasteiger partial charge in [0, 0.05) is 17.0 Å². The molecule has 1 amide bonds. The number of anilines is 1. The third-order valence-electron chi connectivity index (χ3n) is 4.98. The summed E-state index contributed by atoms with van der Waals surface area (Å²) in [6.07, 6.45) is 5.61. The Bertz CT molecular complexity index is 766. The monoisotopic (exact) mass is 372 g/mol. The maximum Gasteiger partial charge on any atom is 0.257 e. The van der Waals surface area contributed by atoms with Crippen LogP contribution >= 0.6 is 11.3 Å². The zero-order valence-electron chi connectivity index (χ0n) is 15.0. The van der Waals surface area contributed by atoms with Crippen molar-refractivity contribution in [1.82, 2.24) is 4.98 Å². The van der Waals surface area contributed by atoms with Crippen LogP contribution in [0.2, 0.25) is 0 Å². The van der Waals surface area contributed by atoms with Gasteiger partial charge in [-0.15, -0.1) is 11.3 Å². The maximum absolute atomic E-state index is 12.5. The molecule has 1 aliphatic heterocycles. The van der Waals surface area contributed by atoms with E-state index >= 15 is 0 Å². The van der Waals surface area contributed by atoms with Crippen LogP contribution in [0.5, 0.6) is 5.75 Å². The smallest absolute Gasteiger partial charge is 0.257 e. The number of ether oxygens (including phenoxy) is 2. The van der Waals surface area contributed by atoms with E-state index in [1.165, 1.54) is 11.3 Å². The molecular weight excluding hydrogens is 348 g/mol. The second-order valence-electron chi connectivity index (χ2n) is 7.16. The summed E-state index contributed by atoms with van der Waals surface area (Å²) in [5.74, 6) is 1.33. The van der Waals surface area contributed by atoms with Gasteiger partial charge in [0.2, 0.25) is 0 Å². The van der Waals surface area contributed by atoms with Gasteiger partial charge in [-0.05, 0) is 62.3 Å². The van der Waals surface area contributed by atoms with E-state index in [1.807, 2.05) is 12.1 Å². The lowest BCUT2D eigenvalue weighted by Gasteiger charge is -2.15. The van der Waals surface area contributed by atoms with Crippen molar-refractivity contribution in [3.05, 3.63) is 40.4 Å². The minimum Gasteiger partial charge on any atom is -0.491 e. The molecule has 1 N–H and O–H groups in total. The molecule has 4 rings (SSSR count). The zero-order chi connectivity index (χ0) is 17.9. The van der Waals surface area contributed by atoms with Gasteiger partial charge in [-0.1, -0.05) is 6.92 Å². The van der Waals surface area contributed by atoms with E-state index in [9.17, 15) is 4.79 Å². The number of carbonyl (C=O) groups excluding carboxylic acids is 1. The highest BCUT2D eigenvalue weighted by Crippen LogP contribution is 2.32. The lowest BCUT2D eigenvalue weighted by Crippen LogP contribution is -2.16. The van der Waals surface area contributed by atoms with E-state index in [0.717, 1.165) is 43.7 Å². The number of carbonyl (C=O) groups is 1. The SMILES string of the molecule is C[C@@H]1CCc2nc(NC(=O)c3ccc(OC[C@@H]4CCCO4)cc3)sc2C1. The summed E-state index contributed by atoms with van der Waals surface area (Å²) in [6.45, 7) is 3.66. The second-order valence-corrected chi connectivity index (χ2v) is 8.25. The van der Waals surface area contributed by atoms with Crippen LogP contribution in [-0.2, 0) is 17.6 Å². The van der Waals surface area contributed by atoms with Crippen molar-refractivity contribution in [3.8, 4) is 5.75 Å². The fourth-order valence-corrected chi connectivity index (χ4v) is 4.60. The highest BCUT2D eigenvalue weighted by Gasteiger charge is 2.21. The van der Waals surface area contributed by atoms with Crippen molar-refractivity contribution in [2.75, 3.05) is 18.5 Å². The molecule has 1 saturated heterocycles. The average Bonchev–Trinajstić information content (AvgIpc) is 3.29. The first-order valence-corrected chi connectivity index (χ1v) is 10.1. The van der Waals surface area contributed by atoms with Crippen molar-refractivity contribution in [2.45, 2.75) is 45.1 Å². The normalized spacial score (nSPS) is 22.0. The molecule has 0 saturated carbocycles. The zero-order valence-corrected chi connectivity index (χ0v) is 15.8. The third kappa shape index (κ3) is 4.07. The molecule has 1 fully saturated rings. The molecule has 2 atom stereocenters. The van der Waals surface area contributed by atoms with Crippen LogP contribution in [0, 0.1) is 5.92 Å². The van der Waals surface area contributed by atoms with Crippen molar-refractivity contribution in [3.63, 3.8) is 0 Å². The fourth-order valence-electron chi connectivity index (χ4n) is 3.43. The lowest BCUT2D eigenvalue weighted by molar-refractivity contribution is 0.0679. The largest absolute Gasteiger partial charge is 0.491 e. The molecule has 2 heterocycles. The highest BCUT2D eigenvalue weighted by molar-refractivity contribution is 7.15. The molecule has 0 unspecified atom stereocenters. The van der Waals surface area contributed by atoms with Crippen LogP contribution in [0.15, 0.2) is 24.3 Å². The van der Waals surface area contributed by atoms with Crippen LogP contribution in [0.4, 0.5) is 5.13 Å². The van der Waals surface area contributed by atoms with Gasteiger partial charge in [0.15, 0.2) is 5.13 Å². The first kappa shape index (κ1) is 17.5. The van der Waals surface area contributed by atoms with Crippen molar-refractivity contribution >= 4 is 22.4 Å². The van der Waals surface area contributed by atoms with Gasteiger partial charge in [0.05, 0.1) is 11.8 Å². The van der Waals surface area contributed by atoms with Crippen molar-refractivity contribution < 1.29 is 14.3 Å². The summed E-state index contributed by atoms with van der Waals surface area (Å²) >= 11 is 1.61. The first-order chi connectivity index (χ1) is 12.7. The van der Waals surface area contributed by atoms with Gasteiger partial charge < -0.3 is 9.47 Å². The Morgan fingerprint density at radius 3 is 2.96 bits per heavy atom. The molecular formula is C20H24N2O3S. The molecule has 1 aromatic heterocycles. The number of fused-ring (bicyclic) bond motifs is 1. The van der Waals surface area contributed by atoms with Crippen LogP contribution in [-0.4, -0.2) is 30.2 Å². The van der Waals surface area contributed by atoms with Crippen LogP contribution < -0.4 is 10.1 Å². The number of thiazole rings is 1. The number of amides is 1. The number of hydrogen-bond donors (Lipinski definition) is 1. The number of aromatic nitrogens is 1. The minimum absolute atomic E-state index is 0.130. The van der Waals surface area contributed by atoms with Crippen molar-refractivity contribution in [2.24, 2.45) is 5.92 Å². The van der Waals surface area contributed by atoms with Gasteiger partial charge in [-0.3, -0.25) is 10.1 Å². The standard InChI is InChI=1S/C20H24N2O3S/c1-13-4-9-17-18(11-13)26-20(21-17)22-19(23)14-5-7-15(8-6-14)25-12-16-3-2-10-24-16/h5-8,13,16H,2-4,9-12H2,1H3,(H,21,22,23)/t13-,16+/m1/s1. The summed E-state index contributed by atoms with van der Waals surface area (Å²) < 4.78 is 11.3. The molecule has 6 heteroatoms. The molecule has 26 heavy (non-hydrogen) atoms. The predicted molar refractivity (Wildman–Crippen MR) is 102 cm³/mol. The Labute approximate surface area is 157 Å². The molecule has 0 spiro atoms. The number of hydrogen-bond acceptors (Lipinski definition) is 5. The predicted octanol–water partition coefficient (Wildman–Crippen LogP) is 4.08. The molecule has 138 valence electrons. The van der Waals surface area contributed by atoms with Gasteiger partial charge in [-0.2, -0.15) is 0 Å². The summed E-state index contributed by atoms with van der Waals surface area (Å²) in [6, 6.07) is 7.24. The Balaban J connectivity index is 1.34. The topological polar surface area (TPSA) is 60.5 Å². The minimum atomic E-state index is -0.130. The Kier molecular flexibility index (Phi) is 5.22. The number of benzene rings is 1. The number of nitrogens with zero attached hydrogens (tertiary/aromatic N) is 1. The summed E-state index contributed by atoms with van der Waals surface area (Å²) in [5.41, 5.74) is 1.76. The molecule has 0 radical (unpaired) electrons. The molecule has 2 aromatic rings. The quantitative estimate of drug-likeness (QED) is 0.859. The molecule has 2 aliphatic rings. The van der Waals surface area contributed by atoms with E-state index in [-0.39, 0.29) is 12.0 Å². The third-order valence-corrected chi connectivity index (χ3v) is 6.02. The number of nitrogens with one attached hydrogen (secondary N) is 1. The fraction of sp³-hybridized carbons (Fsp3) is 0.500. The van der Waals surface area contributed by atoms with Gasteiger partial charge in [-0.25, -0.2) is 4.98 Å². The van der Waals surface area contributed by atoms with E-state index in [4.69, 9.17) is 9.47 Å². The van der Waals surface area contributed by atoms with E-state index in [0.29, 0.717) is 23.2 Å².